The summed E-state index contributed by atoms with van der Waals surface area (Å²) in [5.74, 6) is 2.08. The molecule has 0 spiro atoms. The maximum atomic E-state index is 9.04. The lowest BCUT2D eigenvalue weighted by Gasteiger charge is -2.30. The van der Waals surface area contributed by atoms with Crippen molar-refractivity contribution in [2.75, 3.05) is 0 Å². The second-order valence-corrected chi connectivity index (χ2v) is 17.2. The number of nitrogens with zero attached hydrogens (tertiary/aromatic N) is 4. The van der Waals surface area contributed by atoms with Gasteiger partial charge in [0.1, 0.15) is 17.3 Å². The van der Waals surface area contributed by atoms with Crippen LogP contribution in [-0.4, -0.2) is 14.1 Å². The number of aromatic nitrogens is 4. The normalized spacial score (nSPS) is 14.4. The molecule has 0 saturated heterocycles. The van der Waals surface area contributed by atoms with E-state index in [0.717, 1.165) is 38.8 Å². The summed E-state index contributed by atoms with van der Waals surface area (Å²) in [6, 6.07) is 41.4. The molecule has 1 atom stereocenters. The maximum absolute atomic E-state index is 9.04. The molecule has 0 bridgehead atoms. The number of pyridine rings is 1. The molecule has 0 amide bonds. The molecule has 0 N–H and O–H groups in total. The van der Waals surface area contributed by atoms with Crippen LogP contribution >= 0.6 is 0 Å². The first kappa shape index (κ1) is 30.1. The molecule has 3 aromatic heterocycles. The summed E-state index contributed by atoms with van der Waals surface area (Å²) in [6.45, 7) is 9.06. The van der Waals surface area contributed by atoms with E-state index in [1.807, 2.05) is 85.1 Å². The van der Waals surface area contributed by atoms with Gasteiger partial charge in [0.15, 0.2) is 0 Å². The molecule has 3 heterocycles. The van der Waals surface area contributed by atoms with Crippen molar-refractivity contribution in [1.29, 1.82) is 0 Å². The minimum atomic E-state index is -0.567. The molecular formula is C60H48N4O. The number of imidazole rings is 1. The zero-order valence-electron chi connectivity index (χ0n) is 46.2. The molecule has 0 radical (unpaired) electrons. The highest BCUT2D eigenvalue weighted by atomic mass is 16.5. The highest BCUT2D eigenvalue weighted by molar-refractivity contribution is 6.09. The molecule has 8 aromatic carbocycles. The third kappa shape index (κ3) is 7.25. The van der Waals surface area contributed by atoms with Crippen LogP contribution in [0.5, 0.6) is 11.5 Å². The molecule has 5 nitrogen and oxygen atoms in total. The van der Waals surface area contributed by atoms with Gasteiger partial charge >= 0.3 is 0 Å². The molecule has 0 fully saturated rings. The summed E-state index contributed by atoms with van der Waals surface area (Å²) in [5, 5.41) is 2.11. The second-order valence-electron chi connectivity index (χ2n) is 17.2. The van der Waals surface area contributed by atoms with Gasteiger partial charge in [-0.05, 0) is 87.2 Å². The number of benzene rings is 8. The molecule has 0 aliphatic heterocycles. The van der Waals surface area contributed by atoms with Crippen LogP contribution in [-0.2, 0) is 0 Å². The first-order valence-electron chi connectivity index (χ1n) is 26.5. The molecule has 0 aliphatic carbocycles. The van der Waals surface area contributed by atoms with Gasteiger partial charge in [-0.2, -0.15) is 0 Å². The van der Waals surface area contributed by atoms with Gasteiger partial charge in [-0.1, -0.05) is 185 Å². The molecule has 65 heavy (non-hydrogen) atoms. The average molecular weight is 851 g/mol. The Kier molecular flexibility index (Phi) is 7.54. The zero-order chi connectivity index (χ0) is 52.8. The summed E-state index contributed by atoms with van der Waals surface area (Å²) in [5.41, 5.74) is 7.38. The van der Waals surface area contributed by atoms with E-state index in [0.29, 0.717) is 28.2 Å². The van der Waals surface area contributed by atoms with Crippen LogP contribution in [0.25, 0.3) is 83.4 Å². The van der Waals surface area contributed by atoms with Crippen LogP contribution in [0.1, 0.15) is 52.9 Å². The van der Waals surface area contributed by atoms with Gasteiger partial charge in [0, 0.05) is 28.6 Å². The van der Waals surface area contributed by atoms with Gasteiger partial charge in [0.2, 0.25) is 0 Å². The minimum Gasteiger partial charge on any atom is -0.458 e. The Bertz CT molecular complexity index is 3980. The summed E-state index contributed by atoms with van der Waals surface area (Å²) < 4.78 is 99.6. The summed E-state index contributed by atoms with van der Waals surface area (Å²) >= 11 is 0. The molecule has 0 aliphatic rings. The monoisotopic (exact) mass is 850 g/mol. The highest BCUT2D eigenvalue weighted by Crippen LogP contribution is 2.42. The van der Waals surface area contributed by atoms with Gasteiger partial charge in [-0.3, -0.25) is 13.7 Å². The van der Waals surface area contributed by atoms with E-state index >= 15 is 0 Å². The number of hydrogen-bond acceptors (Lipinski definition) is 2. The van der Waals surface area contributed by atoms with E-state index in [2.05, 4.69) is 87.1 Å². The molecule has 11 aromatic rings. The van der Waals surface area contributed by atoms with E-state index < -0.39 is 60.4 Å². The van der Waals surface area contributed by atoms with Gasteiger partial charge in [0.25, 0.3) is 6.33 Å². The van der Waals surface area contributed by atoms with E-state index in [1.54, 1.807) is 27.3 Å². The Morgan fingerprint density at radius 3 is 1.94 bits per heavy atom. The first-order valence-corrected chi connectivity index (χ1v) is 21.5. The van der Waals surface area contributed by atoms with E-state index in [4.69, 9.17) is 23.4 Å². The third-order valence-electron chi connectivity index (χ3n) is 12.3. The minimum absolute atomic E-state index is 0.0286. The number of hydrogen-bond donors (Lipinski definition) is 0. The Morgan fingerprint density at radius 1 is 0.585 bits per heavy atom. The number of rotatable bonds is 9. The Hall–Kier alpha value is -8.02. The number of fused-ring (bicyclic) bond motifs is 4. The lowest BCUT2D eigenvalue weighted by molar-refractivity contribution is -0.571. The van der Waals surface area contributed by atoms with Crippen LogP contribution in [0.3, 0.4) is 0 Å². The van der Waals surface area contributed by atoms with Gasteiger partial charge < -0.3 is 4.74 Å². The van der Waals surface area contributed by atoms with Crippen molar-refractivity contribution < 1.29 is 23.0 Å². The Labute approximate surface area is 394 Å². The summed E-state index contributed by atoms with van der Waals surface area (Å²) in [6.07, 6.45) is 5.45. The van der Waals surface area contributed by atoms with Gasteiger partial charge in [0.05, 0.1) is 47.1 Å². The van der Waals surface area contributed by atoms with Crippen molar-refractivity contribution in [2.24, 2.45) is 5.41 Å². The topological polar surface area (TPSA) is 35.9 Å². The van der Waals surface area contributed by atoms with Crippen LogP contribution in [0.4, 0.5) is 0 Å². The standard InChI is InChI=1S/C60H48N4O/c1-41(60(2,3)4)52-38-58(61-39-53(52)44-24-12-7-13-25-44)64-54-31-15-14-28-50(54)51-35-34-47(37-57(51)64)65-46-27-18-26-45(36-46)62-40-63(56-33-17-16-32-55(56)62)59-48(42-20-8-5-9-21-42)29-19-30-49(59)43-22-10-6-11-23-43/h5-39,41H,1-4H3/i5D,6D,8D,9D,10D,11D,20D,21D,22D,23D. The van der Waals surface area contributed by atoms with Crippen LogP contribution < -0.4 is 9.30 Å². The molecule has 1 unspecified atom stereocenters. The van der Waals surface area contributed by atoms with E-state index in [9.17, 15) is 0 Å². The van der Waals surface area contributed by atoms with Crippen LogP contribution in [0, 0.1) is 11.7 Å². The third-order valence-corrected chi connectivity index (χ3v) is 12.3. The van der Waals surface area contributed by atoms with Crippen LogP contribution in [0.15, 0.2) is 212 Å². The van der Waals surface area contributed by atoms with Crippen molar-refractivity contribution in [3.63, 3.8) is 0 Å². The van der Waals surface area contributed by atoms with E-state index in [1.165, 1.54) is 5.56 Å². The fourth-order valence-corrected chi connectivity index (χ4v) is 8.72. The molecule has 5 heteroatoms. The first-order chi connectivity index (χ1) is 35.9. The lowest BCUT2D eigenvalue weighted by atomic mass is 9.76. The lowest BCUT2D eigenvalue weighted by Crippen LogP contribution is -2.31. The highest BCUT2D eigenvalue weighted by Gasteiger charge is 2.26. The number of ether oxygens (including phenoxy) is 1. The predicted molar refractivity (Wildman–Crippen MR) is 266 cm³/mol. The molecule has 0 saturated carbocycles. The Balaban J connectivity index is 1.06. The Morgan fingerprint density at radius 2 is 1.22 bits per heavy atom. The number of para-hydroxylation sites is 4. The quantitative estimate of drug-likeness (QED) is 0.107. The van der Waals surface area contributed by atoms with Crippen molar-refractivity contribution in [1.82, 2.24) is 14.1 Å². The van der Waals surface area contributed by atoms with Crippen molar-refractivity contribution >= 4 is 32.8 Å². The average Bonchev–Trinajstić information content (AvgIpc) is 3.97. The zero-order valence-corrected chi connectivity index (χ0v) is 36.2. The van der Waals surface area contributed by atoms with Crippen molar-refractivity contribution in [3.8, 4) is 62.1 Å². The fraction of sp³-hybridized carbons (Fsp3) is 0.100. The van der Waals surface area contributed by atoms with Crippen molar-refractivity contribution in [2.45, 2.75) is 33.6 Å². The molecular weight excluding hydrogens is 793 g/mol. The molecule has 11 rings (SSSR count). The molecule has 314 valence electrons. The van der Waals surface area contributed by atoms with E-state index in [-0.39, 0.29) is 39.3 Å². The van der Waals surface area contributed by atoms with Crippen LogP contribution in [0.2, 0.25) is 0 Å². The van der Waals surface area contributed by atoms with Gasteiger partial charge in [-0.15, -0.1) is 0 Å². The van der Waals surface area contributed by atoms with Gasteiger partial charge in [-0.25, -0.2) is 4.98 Å². The smallest absolute Gasteiger partial charge is 0.269 e. The second kappa shape index (κ2) is 16.3. The summed E-state index contributed by atoms with van der Waals surface area (Å²) in [7, 11) is 0. The summed E-state index contributed by atoms with van der Waals surface area (Å²) in [4.78, 5) is 5.14. The fourth-order valence-electron chi connectivity index (χ4n) is 8.72. The predicted octanol–water partition coefficient (Wildman–Crippen LogP) is 15.1. The SMILES string of the molecule is [2H]c1c([2H])c([2H])c(-c2cccc(-c3c([2H])c([2H])c([2H])c([2H])c3[2H])c2-[n+]2[c-]n(-c3cccc(Oc4ccc5c6ccccc6n(-c6cc(C(C)C(C)(C)C)c(-c7ccccc7)cn6)c5c4)c3)c3ccccc32)c([2H])c1[2H]. The largest absolute Gasteiger partial charge is 0.458 e. The maximum Gasteiger partial charge on any atom is 0.269 e. The van der Waals surface area contributed by atoms with Crippen molar-refractivity contribution in [3.05, 3.63) is 224 Å².